The number of carbonyl (C=O) groups is 2. The molecule has 1 heterocycles. The number of aromatic nitrogens is 2. The van der Waals surface area contributed by atoms with Crippen LogP contribution in [0.25, 0.3) is 0 Å². The Bertz CT molecular complexity index is 723. The van der Waals surface area contributed by atoms with Gasteiger partial charge in [-0.2, -0.15) is 5.10 Å². The van der Waals surface area contributed by atoms with E-state index in [2.05, 4.69) is 14.9 Å². The smallest absolute Gasteiger partial charge is 0.410 e. The van der Waals surface area contributed by atoms with Gasteiger partial charge in [0, 0.05) is 20.1 Å². The lowest BCUT2D eigenvalue weighted by Gasteiger charge is -2.24. The topological polar surface area (TPSA) is 131 Å². The average Bonchev–Trinajstić information content (AvgIpc) is 3.00. The van der Waals surface area contributed by atoms with Crippen molar-refractivity contribution in [3.05, 3.63) is 11.8 Å². The van der Waals surface area contributed by atoms with Gasteiger partial charge in [-0.15, -0.1) is 0 Å². The zero-order valence-electron chi connectivity index (χ0n) is 15.7. The van der Waals surface area contributed by atoms with Gasteiger partial charge in [0.05, 0.1) is 12.8 Å². The second-order valence-corrected chi connectivity index (χ2v) is 8.19. The summed E-state index contributed by atoms with van der Waals surface area (Å²) in [5.41, 5.74) is -0.762. The van der Waals surface area contributed by atoms with Crippen molar-refractivity contribution in [2.75, 3.05) is 26.7 Å². The van der Waals surface area contributed by atoms with Gasteiger partial charge in [-0.25, -0.2) is 22.7 Å². The van der Waals surface area contributed by atoms with Crippen LogP contribution in [0.15, 0.2) is 11.2 Å². The van der Waals surface area contributed by atoms with E-state index >= 15 is 0 Å². The number of ether oxygens (including phenoxy) is 2. The summed E-state index contributed by atoms with van der Waals surface area (Å²) in [5, 5.41) is 5.53. The third-order valence-corrected chi connectivity index (χ3v) is 4.47. The van der Waals surface area contributed by atoms with Gasteiger partial charge in [-0.1, -0.05) is 0 Å². The summed E-state index contributed by atoms with van der Waals surface area (Å²) in [6.45, 7) is 7.39. The Kier molecular flexibility index (Phi) is 7.57. The Morgan fingerprint density at radius 2 is 2.00 bits per heavy atom. The average molecular weight is 390 g/mol. The number of rotatable bonds is 8. The number of amides is 1. The molecule has 2 N–H and O–H groups in total. The standard InChI is InChI=1S/C15H26N4O6S/c1-6-24-13(20)11-10-16-18-12(11)26(22,23)17-8-7-9-19(5)14(21)25-15(2,3)4/h10,17H,6-9H2,1-5H3,(H,16,18). The molecular weight excluding hydrogens is 364 g/mol. The minimum Gasteiger partial charge on any atom is -0.462 e. The van der Waals surface area contributed by atoms with E-state index in [1.807, 2.05) is 0 Å². The fourth-order valence-electron chi connectivity index (χ4n) is 1.86. The van der Waals surface area contributed by atoms with E-state index in [1.165, 1.54) is 4.90 Å². The maximum Gasteiger partial charge on any atom is 0.410 e. The molecule has 148 valence electrons. The van der Waals surface area contributed by atoms with Crippen molar-refractivity contribution in [1.82, 2.24) is 19.8 Å². The number of hydrogen-bond acceptors (Lipinski definition) is 7. The van der Waals surface area contributed by atoms with E-state index in [0.717, 1.165) is 6.20 Å². The number of esters is 1. The van der Waals surface area contributed by atoms with Crippen LogP contribution in [-0.2, 0) is 19.5 Å². The molecular formula is C15H26N4O6S. The molecule has 11 heteroatoms. The van der Waals surface area contributed by atoms with Gasteiger partial charge in [0.1, 0.15) is 11.2 Å². The van der Waals surface area contributed by atoms with Gasteiger partial charge in [0.15, 0.2) is 5.03 Å². The van der Waals surface area contributed by atoms with E-state index in [4.69, 9.17) is 9.47 Å². The lowest BCUT2D eigenvalue weighted by molar-refractivity contribution is 0.0297. The second kappa shape index (κ2) is 8.99. The second-order valence-electron chi connectivity index (χ2n) is 6.49. The van der Waals surface area contributed by atoms with Crippen LogP contribution in [0.1, 0.15) is 44.5 Å². The van der Waals surface area contributed by atoms with Crippen molar-refractivity contribution in [3.63, 3.8) is 0 Å². The highest BCUT2D eigenvalue weighted by molar-refractivity contribution is 7.89. The molecule has 0 aromatic carbocycles. The molecule has 0 spiro atoms. The molecule has 0 saturated carbocycles. The third-order valence-electron chi connectivity index (χ3n) is 3.04. The molecule has 0 fully saturated rings. The quantitative estimate of drug-likeness (QED) is 0.502. The first kappa shape index (κ1) is 21.9. The summed E-state index contributed by atoms with van der Waals surface area (Å²) in [7, 11) is -2.40. The summed E-state index contributed by atoms with van der Waals surface area (Å²) < 4.78 is 36.9. The molecule has 0 aliphatic rings. The molecule has 1 rings (SSSR count). The van der Waals surface area contributed by atoms with Gasteiger partial charge < -0.3 is 14.4 Å². The van der Waals surface area contributed by atoms with Crippen LogP contribution in [0.3, 0.4) is 0 Å². The largest absolute Gasteiger partial charge is 0.462 e. The highest BCUT2D eigenvalue weighted by Gasteiger charge is 2.25. The van der Waals surface area contributed by atoms with Gasteiger partial charge in [0.25, 0.3) is 10.0 Å². The summed E-state index contributed by atoms with van der Waals surface area (Å²) in [4.78, 5) is 24.9. The van der Waals surface area contributed by atoms with Crippen molar-refractivity contribution < 1.29 is 27.5 Å². The first-order valence-corrected chi connectivity index (χ1v) is 9.60. The van der Waals surface area contributed by atoms with Crippen LogP contribution in [0.4, 0.5) is 4.79 Å². The monoisotopic (exact) mass is 390 g/mol. The number of H-pyrrole nitrogens is 1. The first-order valence-electron chi connectivity index (χ1n) is 8.12. The fraction of sp³-hybridized carbons (Fsp3) is 0.667. The number of nitrogens with one attached hydrogen (secondary N) is 2. The Labute approximate surface area is 153 Å². The number of aromatic amines is 1. The number of sulfonamides is 1. The molecule has 26 heavy (non-hydrogen) atoms. The highest BCUT2D eigenvalue weighted by Crippen LogP contribution is 2.13. The minimum atomic E-state index is -3.96. The van der Waals surface area contributed by atoms with Crippen LogP contribution in [0.2, 0.25) is 0 Å². The molecule has 1 amide bonds. The molecule has 10 nitrogen and oxygen atoms in total. The summed E-state index contributed by atoms with van der Waals surface area (Å²) in [5.74, 6) is -0.772. The zero-order chi connectivity index (χ0) is 20.0. The number of nitrogens with zero attached hydrogens (tertiary/aromatic N) is 2. The summed E-state index contributed by atoms with van der Waals surface area (Å²) in [6, 6.07) is 0. The predicted octanol–water partition coefficient (Wildman–Crippen LogP) is 1.12. The fourth-order valence-corrected chi connectivity index (χ4v) is 3.02. The van der Waals surface area contributed by atoms with Crippen molar-refractivity contribution in [1.29, 1.82) is 0 Å². The predicted molar refractivity (Wildman–Crippen MR) is 93.2 cm³/mol. The Morgan fingerprint density at radius 1 is 1.35 bits per heavy atom. The highest BCUT2D eigenvalue weighted by atomic mass is 32.2. The Morgan fingerprint density at radius 3 is 2.58 bits per heavy atom. The molecule has 0 bridgehead atoms. The van der Waals surface area contributed by atoms with E-state index in [9.17, 15) is 18.0 Å². The molecule has 0 unspecified atom stereocenters. The molecule has 1 aromatic rings. The zero-order valence-corrected chi connectivity index (χ0v) is 16.5. The number of carbonyl (C=O) groups excluding carboxylic acids is 2. The lowest BCUT2D eigenvalue weighted by Crippen LogP contribution is -2.36. The van der Waals surface area contributed by atoms with Crippen molar-refractivity contribution in [2.45, 2.75) is 44.7 Å². The van der Waals surface area contributed by atoms with Crippen molar-refractivity contribution >= 4 is 22.1 Å². The van der Waals surface area contributed by atoms with Crippen molar-refractivity contribution in [3.8, 4) is 0 Å². The molecule has 0 atom stereocenters. The van der Waals surface area contributed by atoms with E-state index < -0.39 is 27.7 Å². The molecule has 0 aliphatic carbocycles. The van der Waals surface area contributed by atoms with Gasteiger partial charge in [-0.05, 0) is 34.1 Å². The maximum atomic E-state index is 12.3. The summed E-state index contributed by atoms with van der Waals surface area (Å²) in [6.07, 6.45) is 0.972. The number of hydrogen-bond donors (Lipinski definition) is 2. The molecule has 1 aromatic heterocycles. The lowest BCUT2D eigenvalue weighted by atomic mass is 10.2. The molecule has 0 saturated heterocycles. The third kappa shape index (κ3) is 6.64. The van der Waals surface area contributed by atoms with E-state index in [0.29, 0.717) is 13.0 Å². The molecule has 0 aliphatic heterocycles. The Hall–Kier alpha value is -2.14. The molecule has 0 radical (unpaired) electrons. The Balaban J connectivity index is 2.56. The van der Waals surface area contributed by atoms with Gasteiger partial charge in [0.2, 0.25) is 0 Å². The van der Waals surface area contributed by atoms with Crippen LogP contribution < -0.4 is 4.72 Å². The normalized spacial score (nSPS) is 11.9. The minimum absolute atomic E-state index is 0.0662. The summed E-state index contributed by atoms with van der Waals surface area (Å²) >= 11 is 0. The SMILES string of the molecule is CCOC(=O)c1cn[nH]c1S(=O)(=O)NCCCN(C)C(=O)OC(C)(C)C. The van der Waals surface area contributed by atoms with Crippen LogP contribution in [0, 0.1) is 0 Å². The van der Waals surface area contributed by atoms with Crippen LogP contribution in [-0.4, -0.2) is 67.9 Å². The van der Waals surface area contributed by atoms with Crippen LogP contribution in [0.5, 0.6) is 0 Å². The first-order chi connectivity index (χ1) is 12.0. The van der Waals surface area contributed by atoms with Gasteiger partial charge >= 0.3 is 12.1 Å². The van der Waals surface area contributed by atoms with Gasteiger partial charge in [-0.3, -0.25) is 5.10 Å². The van der Waals surface area contributed by atoms with Crippen LogP contribution >= 0.6 is 0 Å². The van der Waals surface area contributed by atoms with E-state index in [-0.39, 0.29) is 23.7 Å². The maximum absolute atomic E-state index is 12.3. The van der Waals surface area contributed by atoms with Crippen molar-refractivity contribution in [2.24, 2.45) is 0 Å². The van der Waals surface area contributed by atoms with E-state index in [1.54, 1.807) is 34.7 Å².